The zero-order chi connectivity index (χ0) is 12.7. The molecule has 0 fully saturated rings. The zero-order valence-electron chi connectivity index (χ0n) is 11.2. The van der Waals surface area contributed by atoms with Gasteiger partial charge in [0.1, 0.15) is 18.0 Å². The van der Waals surface area contributed by atoms with E-state index in [2.05, 4.69) is 46.3 Å². The van der Waals surface area contributed by atoms with E-state index in [1.807, 2.05) is 13.1 Å². The molecule has 0 aliphatic heterocycles. The largest absolute Gasteiger partial charge is 0.373 e. The lowest BCUT2D eigenvalue weighted by Gasteiger charge is -2.23. The molecule has 1 rings (SSSR count). The average molecular weight is 237 g/mol. The van der Waals surface area contributed by atoms with E-state index in [4.69, 9.17) is 0 Å². The second-order valence-electron chi connectivity index (χ2n) is 4.07. The Kier molecular flexibility index (Phi) is 5.69. The van der Waals surface area contributed by atoms with Gasteiger partial charge in [0.25, 0.3) is 0 Å². The maximum Gasteiger partial charge on any atom is 0.131 e. The van der Waals surface area contributed by atoms with Crippen molar-refractivity contribution in [2.24, 2.45) is 0 Å². The Balaban J connectivity index is 2.52. The summed E-state index contributed by atoms with van der Waals surface area (Å²) in [6, 6.07) is 2.29. The molecule has 0 spiro atoms. The number of likely N-dealkylation sites (N-methyl/N-ethyl adjacent to an activating group) is 1. The summed E-state index contributed by atoms with van der Waals surface area (Å²) in [5, 5.41) is 6.39. The molecule has 2 N–H and O–H groups in total. The third-order valence-corrected chi connectivity index (χ3v) is 2.74. The molecule has 5 nitrogen and oxygen atoms in total. The van der Waals surface area contributed by atoms with Gasteiger partial charge < -0.3 is 15.5 Å². The molecule has 1 aromatic heterocycles. The summed E-state index contributed by atoms with van der Waals surface area (Å²) < 4.78 is 0. The van der Waals surface area contributed by atoms with Crippen molar-refractivity contribution in [3.63, 3.8) is 0 Å². The Bertz CT molecular complexity index is 324. The number of rotatable bonds is 7. The minimum Gasteiger partial charge on any atom is -0.373 e. The van der Waals surface area contributed by atoms with Crippen molar-refractivity contribution in [1.29, 1.82) is 0 Å². The second kappa shape index (κ2) is 7.06. The molecule has 0 amide bonds. The van der Waals surface area contributed by atoms with E-state index in [9.17, 15) is 0 Å². The fourth-order valence-corrected chi connectivity index (χ4v) is 1.74. The first-order valence-corrected chi connectivity index (χ1v) is 6.18. The van der Waals surface area contributed by atoms with Crippen molar-refractivity contribution in [2.45, 2.75) is 26.8 Å². The van der Waals surface area contributed by atoms with Crippen LogP contribution >= 0.6 is 0 Å². The first-order valence-electron chi connectivity index (χ1n) is 6.18. The van der Waals surface area contributed by atoms with Crippen LogP contribution in [0, 0.1) is 0 Å². The Morgan fingerprint density at radius 3 is 2.47 bits per heavy atom. The molecule has 96 valence electrons. The van der Waals surface area contributed by atoms with E-state index in [0.29, 0.717) is 6.04 Å². The van der Waals surface area contributed by atoms with Gasteiger partial charge in [-0.05, 0) is 20.0 Å². The lowest BCUT2D eigenvalue weighted by atomic mass is 10.3. The summed E-state index contributed by atoms with van der Waals surface area (Å²) in [5.41, 5.74) is 0. The van der Waals surface area contributed by atoms with Crippen LogP contribution in [0.5, 0.6) is 0 Å². The number of aromatic nitrogens is 2. The first-order chi connectivity index (χ1) is 8.19. The summed E-state index contributed by atoms with van der Waals surface area (Å²) in [6.45, 7) is 9.70. The van der Waals surface area contributed by atoms with Crippen LogP contribution in [0.15, 0.2) is 12.4 Å². The maximum absolute atomic E-state index is 4.21. The summed E-state index contributed by atoms with van der Waals surface area (Å²) >= 11 is 0. The predicted octanol–water partition coefficient (Wildman–Crippen LogP) is 1.66. The third-order valence-electron chi connectivity index (χ3n) is 2.74. The smallest absolute Gasteiger partial charge is 0.131 e. The molecule has 0 aromatic carbocycles. The van der Waals surface area contributed by atoms with Gasteiger partial charge in [0.2, 0.25) is 0 Å². The van der Waals surface area contributed by atoms with Gasteiger partial charge in [-0.15, -0.1) is 0 Å². The maximum atomic E-state index is 4.21. The molecule has 0 aliphatic rings. The van der Waals surface area contributed by atoms with E-state index in [0.717, 1.165) is 31.3 Å². The SMILES string of the molecule is CCN(CC)CC(C)Nc1cc(NC)ncn1. The Labute approximate surface area is 104 Å². The van der Waals surface area contributed by atoms with Crippen LogP contribution in [-0.4, -0.2) is 47.6 Å². The molecule has 0 saturated carbocycles. The van der Waals surface area contributed by atoms with E-state index in [-0.39, 0.29) is 0 Å². The summed E-state index contributed by atoms with van der Waals surface area (Å²) in [6.07, 6.45) is 1.57. The quantitative estimate of drug-likeness (QED) is 0.755. The molecule has 1 atom stereocenters. The Morgan fingerprint density at radius 1 is 1.24 bits per heavy atom. The highest BCUT2D eigenvalue weighted by Crippen LogP contribution is 2.09. The minimum atomic E-state index is 0.370. The third kappa shape index (κ3) is 4.56. The van der Waals surface area contributed by atoms with Crippen LogP contribution in [0.25, 0.3) is 0 Å². The van der Waals surface area contributed by atoms with Gasteiger partial charge >= 0.3 is 0 Å². The summed E-state index contributed by atoms with van der Waals surface area (Å²) in [4.78, 5) is 10.7. The highest BCUT2D eigenvalue weighted by atomic mass is 15.2. The van der Waals surface area contributed by atoms with Gasteiger partial charge in [0.15, 0.2) is 0 Å². The van der Waals surface area contributed by atoms with Crippen LogP contribution < -0.4 is 10.6 Å². The first kappa shape index (κ1) is 13.7. The lowest BCUT2D eigenvalue weighted by Crippen LogP contribution is -2.34. The van der Waals surface area contributed by atoms with Crippen molar-refractivity contribution in [3.8, 4) is 0 Å². The van der Waals surface area contributed by atoms with Gasteiger partial charge in [-0.1, -0.05) is 13.8 Å². The Hall–Kier alpha value is -1.36. The molecule has 1 unspecified atom stereocenters. The predicted molar refractivity (Wildman–Crippen MR) is 72.5 cm³/mol. The molecular weight excluding hydrogens is 214 g/mol. The van der Waals surface area contributed by atoms with Crippen molar-refractivity contribution in [3.05, 3.63) is 12.4 Å². The lowest BCUT2D eigenvalue weighted by molar-refractivity contribution is 0.294. The molecule has 0 saturated heterocycles. The van der Waals surface area contributed by atoms with E-state index >= 15 is 0 Å². The second-order valence-corrected chi connectivity index (χ2v) is 4.07. The summed E-state index contributed by atoms with van der Waals surface area (Å²) in [5.74, 6) is 1.70. The van der Waals surface area contributed by atoms with Gasteiger partial charge in [0, 0.05) is 25.7 Å². The van der Waals surface area contributed by atoms with Crippen LogP contribution in [0.1, 0.15) is 20.8 Å². The molecule has 0 radical (unpaired) electrons. The number of nitrogens with zero attached hydrogens (tertiary/aromatic N) is 3. The average Bonchev–Trinajstić information content (AvgIpc) is 2.36. The Morgan fingerprint density at radius 2 is 1.88 bits per heavy atom. The van der Waals surface area contributed by atoms with Crippen LogP contribution in [-0.2, 0) is 0 Å². The topological polar surface area (TPSA) is 53.1 Å². The van der Waals surface area contributed by atoms with Crippen LogP contribution in [0.3, 0.4) is 0 Å². The number of hydrogen-bond acceptors (Lipinski definition) is 5. The minimum absolute atomic E-state index is 0.370. The van der Waals surface area contributed by atoms with E-state index < -0.39 is 0 Å². The molecule has 0 aliphatic carbocycles. The summed E-state index contributed by atoms with van der Waals surface area (Å²) in [7, 11) is 1.85. The molecule has 17 heavy (non-hydrogen) atoms. The highest BCUT2D eigenvalue weighted by molar-refractivity contribution is 5.46. The standard InChI is InChI=1S/C12H23N5/c1-5-17(6-2)8-10(3)16-12-7-11(13-4)14-9-15-12/h7,9-10H,5-6,8H2,1-4H3,(H2,13,14,15,16). The van der Waals surface area contributed by atoms with Gasteiger partial charge in [-0.3, -0.25) is 0 Å². The van der Waals surface area contributed by atoms with Gasteiger partial charge in [-0.25, -0.2) is 9.97 Å². The van der Waals surface area contributed by atoms with Crippen LogP contribution in [0.2, 0.25) is 0 Å². The van der Waals surface area contributed by atoms with Gasteiger partial charge in [0.05, 0.1) is 0 Å². The molecule has 1 heterocycles. The number of anilines is 2. The fraction of sp³-hybridized carbons (Fsp3) is 0.667. The fourth-order valence-electron chi connectivity index (χ4n) is 1.74. The number of hydrogen-bond donors (Lipinski definition) is 2. The van der Waals surface area contributed by atoms with Crippen molar-refractivity contribution in [1.82, 2.24) is 14.9 Å². The van der Waals surface area contributed by atoms with Gasteiger partial charge in [-0.2, -0.15) is 0 Å². The van der Waals surface area contributed by atoms with Crippen LogP contribution in [0.4, 0.5) is 11.6 Å². The molecular formula is C12H23N5. The van der Waals surface area contributed by atoms with Crippen molar-refractivity contribution < 1.29 is 0 Å². The highest BCUT2D eigenvalue weighted by Gasteiger charge is 2.07. The normalized spacial score (nSPS) is 12.5. The molecule has 5 heteroatoms. The monoisotopic (exact) mass is 237 g/mol. The zero-order valence-corrected chi connectivity index (χ0v) is 11.2. The molecule has 1 aromatic rings. The van der Waals surface area contributed by atoms with Crippen molar-refractivity contribution in [2.75, 3.05) is 37.3 Å². The van der Waals surface area contributed by atoms with E-state index in [1.165, 1.54) is 0 Å². The molecule has 0 bridgehead atoms. The number of nitrogens with one attached hydrogen (secondary N) is 2. The van der Waals surface area contributed by atoms with Crippen molar-refractivity contribution >= 4 is 11.6 Å². The van der Waals surface area contributed by atoms with E-state index in [1.54, 1.807) is 6.33 Å².